The molecule has 1 saturated heterocycles. The first kappa shape index (κ1) is 13.8. The molecule has 0 radical (unpaired) electrons. The SMILES string of the molecule is CC1(CNS(=O)(=O)c2ncccc2F)CCCS1. The number of pyridine rings is 1. The number of aromatic nitrogens is 1. The van der Waals surface area contributed by atoms with Crippen LogP contribution in [0.25, 0.3) is 0 Å². The molecule has 1 aliphatic rings. The van der Waals surface area contributed by atoms with Gasteiger partial charge in [-0.2, -0.15) is 11.8 Å². The summed E-state index contributed by atoms with van der Waals surface area (Å²) in [4.78, 5) is 3.59. The van der Waals surface area contributed by atoms with Crippen LogP contribution in [0.3, 0.4) is 0 Å². The van der Waals surface area contributed by atoms with Crippen molar-refractivity contribution in [1.29, 1.82) is 0 Å². The second kappa shape index (κ2) is 5.14. The van der Waals surface area contributed by atoms with E-state index >= 15 is 0 Å². The zero-order valence-electron chi connectivity index (χ0n) is 10.0. The topological polar surface area (TPSA) is 59.1 Å². The summed E-state index contributed by atoms with van der Waals surface area (Å²) in [5, 5.41) is -0.531. The highest BCUT2D eigenvalue weighted by Crippen LogP contribution is 2.37. The van der Waals surface area contributed by atoms with E-state index in [0.29, 0.717) is 6.54 Å². The van der Waals surface area contributed by atoms with Crippen molar-refractivity contribution in [2.45, 2.75) is 29.5 Å². The number of sulfonamides is 1. The van der Waals surface area contributed by atoms with Crippen molar-refractivity contribution in [2.75, 3.05) is 12.3 Å². The Morgan fingerprint density at radius 1 is 1.61 bits per heavy atom. The number of nitrogens with one attached hydrogen (secondary N) is 1. The summed E-state index contributed by atoms with van der Waals surface area (Å²) in [5.41, 5.74) is 0. The fourth-order valence-electron chi connectivity index (χ4n) is 1.86. The first-order valence-corrected chi connectivity index (χ1v) is 8.14. The third-order valence-corrected chi connectivity index (χ3v) is 5.79. The van der Waals surface area contributed by atoms with Gasteiger partial charge >= 0.3 is 0 Å². The van der Waals surface area contributed by atoms with Gasteiger partial charge in [-0.05, 0) is 37.7 Å². The predicted octanol–water partition coefficient (Wildman–Crippen LogP) is 1.78. The molecule has 0 amide bonds. The van der Waals surface area contributed by atoms with Gasteiger partial charge in [0.2, 0.25) is 5.03 Å². The Balaban J connectivity index is 2.11. The quantitative estimate of drug-likeness (QED) is 0.918. The van der Waals surface area contributed by atoms with Crippen LogP contribution in [-0.2, 0) is 10.0 Å². The monoisotopic (exact) mass is 290 g/mol. The van der Waals surface area contributed by atoms with Crippen LogP contribution in [0.15, 0.2) is 23.4 Å². The van der Waals surface area contributed by atoms with Crippen LogP contribution in [0, 0.1) is 5.82 Å². The molecule has 1 N–H and O–H groups in total. The third-order valence-electron chi connectivity index (χ3n) is 2.92. The fourth-order valence-corrected chi connectivity index (χ4v) is 4.37. The van der Waals surface area contributed by atoms with Crippen LogP contribution in [0.2, 0.25) is 0 Å². The standard InChI is InChI=1S/C11H15FN2O2S2/c1-11(5-3-7-17-11)8-14-18(15,16)10-9(12)4-2-6-13-10/h2,4,6,14H,3,5,7-8H2,1H3. The van der Waals surface area contributed by atoms with Gasteiger partial charge < -0.3 is 0 Å². The van der Waals surface area contributed by atoms with E-state index in [-0.39, 0.29) is 4.75 Å². The Labute approximate surface area is 110 Å². The average Bonchev–Trinajstić information content (AvgIpc) is 2.75. The maximum absolute atomic E-state index is 13.4. The Kier molecular flexibility index (Phi) is 3.93. The second-order valence-electron chi connectivity index (χ2n) is 4.52. The lowest BCUT2D eigenvalue weighted by atomic mass is 10.1. The Hall–Kier alpha value is -0.660. The second-order valence-corrected chi connectivity index (χ2v) is 7.88. The highest BCUT2D eigenvalue weighted by molar-refractivity contribution is 8.01. The van der Waals surface area contributed by atoms with Gasteiger partial charge in [0.15, 0.2) is 5.82 Å². The summed E-state index contributed by atoms with van der Waals surface area (Å²) >= 11 is 1.74. The molecule has 1 atom stereocenters. The summed E-state index contributed by atoms with van der Waals surface area (Å²) in [6, 6.07) is 2.45. The summed E-state index contributed by atoms with van der Waals surface area (Å²) in [6.07, 6.45) is 3.31. The Morgan fingerprint density at radius 3 is 3.00 bits per heavy atom. The summed E-state index contributed by atoms with van der Waals surface area (Å²) in [6.45, 7) is 2.32. The molecule has 0 spiro atoms. The van der Waals surface area contributed by atoms with Gasteiger partial charge in [0.1, 0.15) is 0 Å². The van der Waals surface area contributed by atoms with Gasteiger partial charge in [-0.1, -0.05) is 0 Å². The summed E-state index contributed by atoms with van der Waals surface area (Å²) < 4.78 is 39.6. The molecule has 18 heavy (non-hydrogen) atoms. The third kappa shape index (κ3) is 3.02. The van der Waals surface area contributed by atoms with Gasteiger partial charge in [0, 0.05) is 17.5 Å². The first-order valence-electron chi connectivity index (χ1n) is 5.67. The lowest BCUT2D eigenvalue weighted by molar-refractivity contribution is 0.530. The minimum Gasteiger partial charge on any atom is -0.241 e. The molecule has 0 aliphatic carbocycles. The predicted molar refractivity (Wildman–Crippen MR) is 69.5 cm³/mol. The molecule has 2 rings (SSSR count). The number of halogens is 1. The molecule has 0 saturated carbocycles. The maximum Gasteiger partial charge on any atom is 0.261 e. The number of thioether (sulfide) groups is 1. The molecule has 4 nitrogen and oxygen atoms in total. The smallest absolute Gasteiger partial charge is 0.241 e. The van der Waals surface area contributed by atoms with E-state index in [9.17, 15) is 12.8 Å². The lowest BCUT2D eigenvalue weighted by Crippen LogP contribution is -2.37. The van der Waals surface area contributed by atoms with Crippen molar-refractivity contribution in [3.05, 3.63) is 24.1 Å². The largest absolute Gasteiger partial charge is 0.261 e. The van der Waals surface area contributed by atoms with Gasteiger partial charge in [0.25, 0.3) is 10.0 Å². The van der Waals surface area contributed by atoms with E-state index in [2.05, 4.69) is 9.71 Å². The molecular formula is C11H15FN2O2S2. The molecule has 100 valence electrons. The van der Waals surface area contributed by atoms with Gasteiger partial charge in [-0.25, -0.2) is 22.5 Å². The zero-order valence-corrected chi connectivity index (χ0v) is 11.7. The van der Waals surface area contributed by atoms with Crippen molar-refractivity contribution in [3.8, 4) is 0 Å². The molecule has 0 bridgehead atoms. The molecule has 1 aromatic heterocycles. The van der Waals surface area contributed by atoms with E-state index in [0.717, 1.165) is 24.7 Å². The maximum atomic E-state index is 13.4. The molecule has 1 fully saturated rings. The molecular weight excluding hydrogens is 275 g/mol. The number of nitrogens with zero attached hydrogens (tertiary/aromatic N) is 1. The summed E-state index contributed by atoms with van der Waals surface area (Å²) in [5.74, 6) is 0.213. The number of rotatable bonds is 4. The van der Waals surface area contributed by atoms with Crippen molar-refractivity contribution in [1.82, 2.24) is 9.71 Å². The summed E-state index contributed by atoms with van der Waals surface area (Å²) in [7, 11) is -3.87. The van der Waals surface area contributed by atoms with Gasteiger partial charge in [0.05, 0.1) is 0 Å². The minimum atomic E-state index is -3.87. The van der Waals surface area contributed by atoms with Crippen molar-refractivity contribution >= 4 is 21.8 Å². The van der Waals surface area contributed by atoms with Crippen LogP contribution in [0.1, 0.15) is 19.8 Å². The van der Waals surface area contributed by atoms with E-state index < -0.39 is 20.9 Å². The van der Waals surface area contributed by atoms with Crippen LogP contribution in [0.5, 0.6) is 0 Å². The number of hydrogen-bond donors (Lipinski definition) is 1. The van der Waals surface area contributed by atoms with Crippen LogP contribution < -0.4 is 4.72 Å². The Morgan fingerprint density at radius 2 is 2.39 bits per heavy atom. The molecule has 1 aliphatic heterocycles. The highest BCUT2D eigenvalue weighted by Gasteiger charge is 2.32. The van der Waals surface area contributed by atoms with Crippen molar-refractivity contribution < 1.29 is 12.8 Å². The molecule has 1 unspecified atom stereocenters. The molecule has 1 aromatic rings. The average molecular weight is 290 g/mol. The van der Waals surface area contributed by atoms with E-state index in [1.165, 1.54) is 12.3 Å². The first-order chi connectivity index (χ1) is 8.43. The lowest BCUT2D eigenvalue weighted by Gasteiger charge is -2.22. The fraction of sp³-hybridized carbons (Fsp3) is 0.545. The zero-order chi connectivity index (χ0) is 13.2. The van der Waals surface area contributed by atoms with Crippen LogP contribution in [0.4, 0.5) is 4.39 Å². The normalized spacial score (nSPS) is 24.3. The van der Waals surface area contributed by atoms with E-state index in [4.69, 9.17) is 0 Å². The molecule has 0 aromatic carbocycles. The highest BCUT2D eigenvalue weighted by atomic mass is 32.2. The van der Waals surface area contributed by atoms with Gasteiger partial charge in [-0.15, -0.1) is 0 Å². The van der Waals surface area contributed by atoms with E-state index in [1.54, 1.807) is 11.8 Å². The number of hydrogen-bond acceptors (Lipinski definition) is 4. The van der Waals surface area contributed by atoms with Crippen LogP contribution in [-0.4, -0.2) is 30.4 Å². The molecule has 2 heterocycles. The van der Waals surface area contributed by atoms with Crippen molar-refractivity contribution in [2.24, 2.45) is 0 Å². The molecule has 7 heteroatoms. The van der Waals surface area contributed by atoms with E-state index in [1.807, 2.05) is 6.92 Å². The van der Waals surface area contributed by atoms with Crippen molar-refractivity contribution in [3.63, 3.8) is 0 Å². The minimum absolute atomic E-state index is 0.0989. The van der Waals surface area contributed by atoms with Gasteiger partial charge in [-0.3, -0.25) is 0 Å². The van der Waals surface area contributed by atoms with Crippen LogP contribution >= 0.6 is 11.8 Å². The Bertz CT molecular complexity index is 528.